The van der Waals surface area contributed by atoms with Crippen LogP contribution in [0.25, 0.3) is 0 Å². The second-order valence-corrected chi connectivity index (χ2v) is 7.91. The van der Waals surface area contributed by atoms with Crippen molar-refractivity contribution in [3.63, 3.8) is 0 Å². The number of carbonyl (C=O) groups is 1. The van der Waals surface area contributed by atoms with Gasteiger partial charge < -0.3 is 10.1 Å². The van der Waals surface area contributed by atoms with E-state index in [1.165, 1.54) is 38.5 Å². The third-order valence-corrected chi connectivity index (χ3v) is 6.37. The summed E-state index contributed by atoms with van der Waals surface area (Å²) in [6.45, 7) is 5.27. The zero-order chi connectivity index (χ0) is 14.4. The van der Waals surface area contributed by atoms with Gasteiger partial charge in [-0.3, -0.25) is 9.69 Å². The monoisotopic (exact) mass is 292 g/mol. The summed E-state index contributed by atoms with van der Waals surface area (Å²) in [6, 6.07) is -0.0724. The fourth-order valence-corrected chi connectivity index (χ4v) is 5.87. The van der Waals surface area contributed by atoms with E-state index >= 15 is 0 Å². The molecule has 1 amide bonds. The van der Waals surface area contributed by atoms with E-state index in [0.29, 0.717) is 6.61 Å². The van der Waals surface area contributed by atoms with Crippen molar-refractivity contribution in [2.24, 2.45) is 17.8 Å². The van der Waals surface area contributed by atoms with E-state index in [1.54, 1.807) is 0 Å². The van der Waals surface area contributed by atoms with Crippen LogP contribution in [0.5, 0.6) is 0 Å². The Bertz CT molecular complexity index is 388. The molecular formula is C17H28N2O2. The number of ether oxygens (including phenoxy) is 1. The summed E-state index contributed by atoms with van der Waals surface area (Å²) in [5.74, 6) is 2.85. The third-order valence-electron chi connectivity index (χ3n) is 6.37. The largest absolute Gasteiger partial charge is 0.378 e. The van der Waals surface area contributed by atoms with Gasteiger partial charge in [-0.25, -0.2) is 0 Å². The van der Waals surface area contributed by atoms with Gasteiger partial charge in [-0.15, -0.1) is 0 Å². The van der Waals surface area contributed by atoms with Crippen LogP contribution in [0.4, 0.5) is 0 Å². The van der Waals surface area contributed by atoms with Crippen molar-refractivity contribution in [2.75, 3.05) is 26.3 Å². The van der Waals surface area contributed by atoms with E-state index in [2.05, 4.69) is 17.1 Å². The van der Waals surface area contributed by atoms with Crippen molar-refractivity contribution in [3.05, 3.63) is 0 Å². The molecule has 5 fully saturated rings. The molecule has 1 atom stereocenters. The molecule has 0 aromatic rings. The molecule has 4 nitrogen and oxygen atoms in total. The number of nitrogens with zero attached hydrogens (tertiary/aromatic N) is 1. The molecule has 4 bridgehead atoms. The topological polar surface area (TPSA) is 41.6 Å². The van der Waals surface area contributed by atoms with Crippen LogP contribution in [0, 0.1) is 17.8 Å². The molecule has 0 spiro atoms. The van der Waals surface area contributed by atoms with Gasteiger partial charge in [-0.2, -0.15) is 0 Å². The van der Waals surface area contributed by atoms with Gasteiger partial charge in [0.2, 0.25) is 5.91 Å². The van der Waals surface area contributed by atoms with E-state index in [4.69, 9.17) is 4.74 Å². The molecule has 0 aromatic heterocycles. The van der Waals surface area contributed by atoms with Crippen molar-refractivity contribution in [3.8, 4) is 0 Å². The molecule has 1 aliphatic heterocycles. The number of morpholine rings is 1. The molecule has 4 saturated carbocycles. The molecule has 5 aliphatic rings. The van der Waals surface area contributed by atoms with E-state index < -0.39 is 0 Å². The molecule has 4 aliphatic carbocycles. The predicted octanol–water partition coefficient (Wildman–Crippen LogP) is 1.79. The minimum Gasteiger partial charge on any atom is -0.378 e. The molecule has 4 heteroatoms. The number of hydrogen-bond donors (Lipinski definition) is 1. The molecule has 0 aromatic carbocycles. The Kier molecular flexibility index (Phi) is 3.49. The van der Waals surface area contributed by atoms with Gasteiger partial charge in [-0.1, -0.05) is 6.92 Å². The molecule has 1 N–H and O–H groups in total. The van der Waals surface area contributed by atoms with Gasteiger partial charge in [0.05, 0.1) is 13.2 Å². The first-order chi connectivity index (χ1) is 10.2. The summed E-state index contributed by atoms with van der Waals surface area (Å²) in [7, 11) is 0. The zero-order valence-corrected chi connectivity index (χ0v) is 13.1. The van der Waals surface area contributed by atoms with Crippen LogP contribution < -0.4 is 5.32 Å². The van der Waals surface area contributed by atoms with Crippen molar-refractivity contribution in [1.82, 2.24) is 10.2 Å². The third kappa shape index (κ3) is 2.50. The van der Waals surface area contributed by atoms with Gasteiger partial charge in [-0.05, 0) is 62.8 Å². The molecule has 1 heterocycles. The molecule has 1 saturated heterocycles. The lowest BCUT2D eigenvalue weighted by atomic mass is 9.53. The van der Waals surface area contributed by atoms with E-state index in [1.807, 2.05) is 0 Å². The summed E-state index contributed by atoms with van der Waals surface area (Å²) in [6.07, 6.45) is 7.94. The van der Waals surface area contributed by atoms with Crippen LogP contribution in [0.2, 0.25) is 0 Å². The van der Waals surface area contributed by atoms with Gasteiger partial charge in [0.1, 0.15) is 6.04 Å². The Labute approximate surface area is 127 Å². The summed E-state index contributed by atoms with van der Waals surface area (Å²) in [5, 5.41) is 3.50. The Hall–Kier alpha value is -0.610. The van der Waals surface area contributed by atoms with Gasteiger partial charge in [0.25, 0.3) is 0 Å². The number of hydrogen-bond acceptors (Lipinski definition) is 3. The Morgan fingerprint density at radius 2 is 1.81 bits per heavy atom. The van der Waals surface area contributed by atoms with E-state index in [0.717, 1.165) is 37.5 Å². The van der Waals surface area contributed by atoms with Crippen LogP contribution in [0.3, 0.4) is 0 Å². The fourth-order valence-electron chi connectivity index (χ4n) is 5.87. The van der Waals surface area contributed by atoms with Gasteiger partial charge in [0, 0.05) is 12.1 Å². The van der Waals surface area contributed by atoms with Crippen LogP contribution in [0.1, 0.15) is 45.4 Å². The SMILES string of the molecule is CCN1CCOC[C@@H]1C(=O)NC12CC3CC(CC(C3)C1)C2. The first-order valence-corrected chi connectivity index (χ1v) is 8.81. The summed E-state index contributed by atoms with van der Waals surface area (Å²) < 4.78 is 5.55. The summed E-state index contributed by atoms with van der Waals surface area (Å²) >= 11 is 0. The lowest BCUT2D eigenvalue weighted by Crippen LogP contribution is -2.64. The first kappa shape index (κ1) is 14.0. The number of nitrogens with one attached hydrogen (secondary N) is 1. The van der Waals surface area contributed by atoms with Crippen molar-refractivity contribution < 1.29 is 9.53 Å². The number of carbonyl (C=O) groups excluding carboxylic acids is 1. The van der Waals surface area contributed by atoms with Crippen LogP contribution in [0.15, 0.2) is 0 Å². The second-order valence-electron chi connectivity index (χ2n) is 7.91. The second kappa shape index (κ2) is 5.24. The number of rotatable bonds is 3. The maximum absolute atomic E-state index is 12.8. The number of likely N-dealkylation sites (N-methyl/N-ethyl adjacent to an activating group) is 1. The maximum atomic E-state index is 12.8. The summed E-state index contributed by atoms with van der Waals surface area (Å²) in [4.78, 5) is 15.1. The lowest BCUT2D eigenvalue weighted by molar-refractivity contribution is -0.138. The fraction of sp³-hybridized carbons (Fsp3) is 0.941. The molecule has 118 valence electrons. The van der Waals surface area contributed by atoms with Gasteiger partial charge >= 0.3 is 0 Å². The predicted molar refractivity (Wildman–Crippen MR) is 80.9 cm³/mol. The smallest absolute Gasteiger partial charge is 0.240 e. The van der Waals surface area contributed by atoms with Crippen molar-refractivity contribution >= 4 is 5.91 Å². The van der Waals surface area contributed by atoms with Gasteiger partial charge in [0.15, 0.2) is 0 Å². The van der Waals surface area contributed by atoms with Crippen LogP contribution >= 0.6 is 0 Å². The quantitative estimate of drug-likeness (QED) is 0.862. The highest BCUT2D eigenvalue weighted by molar-refractivity contribution is 5.82. The zero-order valence-electron chi connectivity index (χ0n) is 13.1. The average molecular weight is 292 g/mol. The van der Waals surface area contributed by atoms with E-state index in [-0.39, 0.29) is 17.5 Å². The molecule has 0 radical (unpaired) electrons. The van der Waals surface area contributed by atoms with Crippen LogP contribution in [-0.2, 0) is 9.53 Å². The lowest BCUT2D eigenvalue weighted by Gasteiger charge is -2.57. The molecular weight excluding hydrogens is 264 g/mol. The average Bonchev–Trinajstić information content (AvgIpc) is 2.45. The highest BCUT2D eigenvalue weighted by Gasteiger charge is 2.52. The Morgan fingerprint density at radius 3 is 2.38 bits per heavy atom. The summed E-state index contributed by atoms with van der Waals surface area (Å²) in [5.41, 5.74) is 0.128. The van der Waals surface area contributed by atoms with E-state index in [9.17, 15) is 4.79 Å². The first-order valence-electron chi connectivity index (χ1n) is 8.81. The Balaban J connectivity index is 1.46. The standard InChI is InChI=1S/C17H28N2O2/c1-2-19-3-4-21-11-15(19)16(20)18-17-8-12-5-13(9-17)7-14(6-12)10-17/h12-15H,2-11H2,1H3,(H,18,20)/t12?,13?,14?,15-,17?/m1/s1. The molecule has 0 unspecified atom stereocenters. The molecule has 21 heavy (non-hydrogen) atoms. The van der Waals surface area contributed by atoms with Crippen molar-refractivity contribution in [1.29, 1.82) is 0 Å². The van der Waals surface area contributed by atoms with Crippen molar-refractivity contribution in [2.45, 2.75) is 57.0 Å². The highest BCUT2D eigenvalue weighted by Crippen LogP contribution is 2.55. The highest BCUT2D eigenvalue weighted by atomic mass is 16.5. The minimum atomic E-state index is -0.0724. The normalized spacial score (nSPS) is 45.8. The molecule has 5 rings (SSSR count). The Morgan fingerprint density at radius 1 is 1.19 bits per heavy atom. The van der Waals surface area contributed by atoms with Crippen LogP contribution in [-0.4, -0.2) is 48.7 Å². The maximum Gasteiger partial charge on any atom is 0.240 e. The number of amides is 1. The minimum absolute atomic E-state index is 0.0724.